The van der Waals surface area contributed by atoms with Crippen LogP contribution in [0.5, 0.6) is 0 Å². The number of amides is 18. The molecule has 9 atom stereocenters. The number of para-hydroxylation sites is 1. The second kappa shape index (κ2) is 40.3. The lowest BCUT2D eigenvalue weighted by molar-refractivity contribution is -0.148. The van der Waals surface area contributed by atoms with Gasteiger partial charge >= 0.3 is 0 Å². The van der Waals surface area contributed by atoms with E-state index in [-0.39, 0.29) is 45.4 Å². The Morgan fingerprint density at radius 1 is 0.513 bits per heavy atom. The van der Waals surface area contributed by atoms with Crippen molar-refractivity contribution in [1.82, 2.24) is 89.2 Å². The van der Waals surface area contributed by atoms with Crippen LogP contribution in [0.2, 0.25) is 0 Å². The minimum Gasteiger partial charge on any atom is -0.394 e. The smallest absolute Gasteiger partial charge is 0.248 e. The summed E-state index contributed by atoms with van der Waals surface area (Å²) in [5.74, 6) is -15.2. The molecule has 2 saturated heterocycles. The highest BCUT2D eigenvalue weighted by Crippen LogP contribution is 2.28. The van der Waals surface area contributed by atoms with Crippen molar-refractivity contribution in [2.75, 3.05) is 32.8 Å². The average molecular weight is 1640 g/mol. The second-order valence-electron chi connectivity index (χ2n) is 33.0. The van der Waals surface area contributed by atoms with E-state index in [4.69, 9.17) is 11.5 Å². The summed E-state index contributed by atoms with van der Waals surface area (Å²) in [6, 6.07) is 7.93. The SMILES string of the molecule is CC[C@@](C)(NC(=O)[C@H](CCC(N)=O)NC(=O)CNC(=O)C(C)(C)NC(=O)C(C)(C)NC(=O)[C@H](C)NC(=O)C(C)(C)NC(=O)CNC(=O)C(C)(C)NC(=O)[C@H](CCC(N)=O)NC(=O)C(C)(C)NC(=O)[C@H](Cc1c[nH]c2ccccc12)NC(C)=O)C(=O)N1C[C@H](O)C[C@H]1C(=O)NC(C)(C)C(=O)N1CCC[C@H]1C(=O)N[C@H](CO)Cc1ccccc1. The van der Waals surface area contributed by atoms with Gasteiger partial charge in [0.15, 0.2) is 0 Å². The fraction of sp³-hybridized carbons (Fsp3) is 0.590. The molecule has 644 valence electrons. The summed E-state index contributed by atoms with van der Waals surface area (Å²) in [7, 11) is 0. The summed E-state index contributed by atoms with van der Waals surface area (Å²) in [4.78, 5) is 249. The molecule has 1 aromatic heterocycles. The first-order valence-corrected chi connectivity index (χ1v) is 38.6. The summed E-state index contributed by atoms with van der Waals surface area (Å²) >= 11 is 0. The number of hydrogen-bond donors (Lipinski definition) is 19. The molecule has 18 amide bonds. The van der Waals surface area contributed by atoms with Crippen molar-refractivity contribution in [3.63, 3.8) is 0 Å². The summed E-state index contributed by atoms with van der Waals surface area (Å²) in [6.07, 6.45) is -0.391. The van der Waals surface area contributed by atoms with Gasteiger partial charge in [-0.1, -0.05) is 55.5 Å². The van der Waals surface area contributed by atoms with Gasteiger partial charge in [-0.3, -0.25) is 86.3 Å². The molecule has 39 nitrogen and oxygen atoms in total. The maximum absolute atomic E-state index is 14.6. The second-order valence-corrected chi connectivity index (χ2v) is 33.0. The van der Waals surface area contributed by atoms with Gasteiger partial charge in [-0.15, -0.1) is 0 Å². The zero-order valence-corrected chi connectivity index (χ0v) is 69.3. The van der Waals surface area contributed by atoms with Crippen molar-refractivity contribution in [3.05, 3.63) is 71.9 Å². The van der Waals surface area contributed by atoms with Gasteiger partial charge < -0.3 is 111 Å². The van der Waals surface area contributed by atoms with Crippen molar-refractivity contribution in [3.8, 4) is 0 Å². The number of nitrogens with one attached hydrogen (secondary N) is 15. The number of rotatable bonds is 41. The molecule has 0 saturated carbocycles. The fourth-order valence-electron chi connectivity index (χ4n) is 12.9. The number of carbonyl (C=O) groups excluding carboxylic acids is 18. The molecule has 117 heavy (non-hydrogen) atoms. The van der Waals surface area contributed by atoms with Gasteiger partial charge in [-0.05, 0) is 153 Å². The Morgan fingerprint density at radius 2 is 1.02 bits per heavy atom. The molecule has 3 aromatic rings. The van der Waals surface area contributed by atoms with E-state index in [9.17, 15) is 96.5 Å². The summed E-state index contributed by atoms with van der Waals surface area (Å²) in [5.41, 5.74) is 0.688. The van der Waals surface area contributed by atoms with E-state index < -0.39 is 226 Å². The molecule has 39 heteroatoms. The average Bonchev–Trinajstić information content (AvgIpc) is 1.68. The van der Waals surface area contributed by atoms with Gasteiger partial charge in [0.2, 0.25) is 106 Å². The van der Waals surface area contributed by atoms with Gasteiger partial charge in [-0.2, -0.15) is 0 Å². The number of likely N-dealkylation sites (tertiary alicyclic amines) is 2. The first-order chi connectivity index (χ1) is 54.2. The summed E-state index contributed by atoms with van der Waals surface area (Å²) in [6.45, 7) is 18.9. The predicted molar refractivity (Wildman–Crippen MR) is 424 cm³/mol. The Kier molecular flexibility index (Phi) is 33.0. The molecule has 0 radical (unpaired) electrons. The van der Waals surface area contributed by atoms with Crippen LogP contribution in [-0.2, 0) is 99.1 Å². The number of fused-ring (bicyclic) bond motifs is 1. The zero-order chi connectivity index (χ0) is 88.3. The number of nitrogens with two attached hydrogens (primary N) is 2. The molecular weight excluding hydrogens is 1520 g/mol. The van der Waals surface area contributed by atoms with Crippen molar-refractivity contribution in [2.24, 2.45) is 11.5 Å². The number of primary amides is 2. The minimum absolute atomic E-state index is 0.0374. The third-order valence-electron chi connectivity index (χ3n) is 20.1. The standard InChI is InChI=1S/C78H117N19O20/c1-17-78(16,71(117)97-40-47(100)36-54(97)64(110)93-77(14,15)70(116)96-33-23-28-53(96)63(109)86-46(41-98)34-44-24-19-18-20-25-44)94-61(107)50(29-31-55(79)101)87-57(103)38-82-66(112)73(6,7)95-69(115)76(12,13)90-59(105)42(2)84-67(113)74(8,9)89-58(104)39-83-65(111)72(4,5)91-60(106)51(30-32-56(80)102)88-68(114)75(10,11)92-62(108)52(85-43(3)99)35-45-37-81-49-27-22-21-26-48(45)49/h18-22,24-27,37,42,46-47,50-54,81,98,100H,17,23,28-36,38-41H2,1-16H3,(H2,79,101)(H2,80,102)(H,82,112)(H,83,111)(H,84,113)(H,85,99)(H,86,109)(H,87,103)(H,88,114)(H,89,104)(H,90,105)(H,91,106)(H,92,108)(H,93,110)(H,94,107)(H,95,115)/t42-,46-,47+,50-,51-,52-,53-,54-,78+/m0/s1. The highest BCUT2D eigenvalue weighted by Gasteiger charge is 2.50. The van der Waals surface area contributed by atoms with E-state index in [1.807, 2.05) is 54.6 Å². The molecule has 2 fully saturated rings. The molecule has 3 heterocycles. The van der Waals surface area contributed by atoms with Crippen molar-refractivity contribution < 1.29 is 96.5 Å². The van der Waals surface area contributed by atoms with Gasteiger partial charge in [0.1, 0.15) is 75.0 Å². The third-order valence-corrected chi connectivity index (χ3v) is 20.1. The number of H-pyrrole nitrogens is 1. The quantitative estimate of drug-likeness (QED) is 0.0256. The number of β-amino-alcohol motifs (C(OH)–C–C–N with tert-alkyl or cyclic N) is 1. The van der Waals surface area contributed by atoms with E-state index in [0.29, 0.717) is 24.8 Å². The van der Waals surface area contributed by atoms with E-state index in [0.717, 1.165) is 21.4 Å². The van der Waals surface area contributed by atoms with Crippen LogP contribution >= 0.6 is 0 Å². The number of benzene rings is 2. The van der Waals surface area contributed by atoms with E-state index in [1.54, 1.807) is 6.20 Å². The maximum atomic E-state index is 14.6. The van der Waals surface area contributed by atoms with E-state index in [2.05, 4.69) is 79.4 Å². The molecule has 2 aliphatic heterocycles. The van der Waals surface area contributed by atoms with Crippen molar-refractivity contribution >= 4 is 117 Å². The Balaban J connectivity index is 1.10. The van der Waals surface area contributed by atoms with Crippen molar-refractivity contribution in [2.45, 2.75) is 262 Å². The van der Waals surface area contributed by atoms with Gasteiger partial charge in [0.05, 0.1) is 31.8 Å². The predicted octanol–water partition coefficient (Wildman–Crippen LogP) is -4.22. The Bertz CT molecular complexity index is 4230. The lowest BCUT2D eigenvalue weighted by Gasteiger charge is -2.37. The first-order valence-electron chi connectivity index (χ1n) is 38.6. The van der Waals surface area contributed by atoms with Crippen molar-refractivity contribution in [1.29, 1.82) is 0 Å². The minimum atomic E-state index is -1.85. The lowest BCUT2D eigenvalue weighted by Crippen LogP contribution is -2.65. The topological polar surface area (TPSA) is 590 Å². The number of aromatic amines is 1. The van der Waals surface area contributed by atoms with Gasteiger partial charge in [0.25, 0.3) is 0 Å². The maximum Gasteiger partial charge on any atom is 0.248 e. The zero-order valence-electron chi connectivity index (χ0n) is 69.3. The largest absolute Gasteiger partial charge is 0.394 e. The molecular formula is C78H117N19O20. The van der Waals surface area contributed by atoms with E-state index in [1.165, 1.54) is 116 Å². The number of aliphatic hydroxyl groups excluding tert-OH is 2. The summed E-state index contributed by atoms with van der Waals surface area (Å²) in [5, 5.41) is 57.1. The van der Waals surface area contributed by atoms with Crippen LogP contribution in [0.25, 0.3) is 10.9 Å². The Hall–Kier alpha value is -11.6. The molecule has 0 spiro atoms. The number of carbonyl (C=O) groups is 18. The van der Waals surface area contributed by atoms with Crippen LogP contribution in [0, 0.1) is 0 Å². The van der Waals surface area contributed by atoms with Crippen LogP contribution < -0.4 is 85.9 Å². The molecule has 5 rings (SSSR count). The lowest BCUT2D eigenvalue weighted by atomic mass is 9.94. The highest BCUT2D eigenvalue weighted by molar-refractivity contribution is 6.03. The third kappa shape index (κ3) is 27.2. The Labute approximate surface area is 678 Å². The Morgan fingerprint density at radius 3 is 1.59 bits per heavy atom. The number of aromatic nitrogens is 1. The summed E-state index contributed by atoms with van der Waals surface area (Å²) < 4.78 is 0. The molecule has 2 aromatic carbocycles. The molecule has 0 unspecified atom stereocenters. The molecule has 21 N–H and O–H groups in total. The number of hydrogen-bond acceptors (Lipinski definition) is 20. The van der Waals surface area contributed by atoms with Gasteiger partial charge in [0, 0.05) is 62.8 Å². The van der Waals surface area contributed by atoms with Crippen LogP contribution in [0.4, 0.5) is 0 Å². The van der Waals surface area contributed by atoms with Crippen LogP contribution in [-0.4, -0.2) is 251 Å². The normalized spacial score (nSPS) is 16.9. The molecule has 0 aliphatic carbocycles. The first kappa shape index (κ1) is 95.9. The van der Waals surface area contributed by atoms with Gasteiger partial charge in [-0.25, -0.2) is 0 Å². The molecule has 2 aliphatic rings. The van der Waals surface area contributed by atoms with E-state index >= 15 is 0 Å². The fourth-order valence-corrected chi connectivity index (χ4v) is 12.9. The number of aliphatic hydroxyl groups is 2. The number of nitrogens with zero attached hydrogens (tertiary/aromatic N) is 2. The molecule has 0 bridgehead atoms. The van der Waals surface area contributed by atoms with Crippen LogP contribution in [0.1, 0.15) is 173 Å². The monoisotopic (exact) mass is 1640 g/mol. The highest BCUT2D eigenvalue weighted by atomic mass is 16.3. The van der Waals surface area contributed by atoms with Crippen LogP contribution in [0.15, 0.2) is 60.8 Å². The van der Waals surface area contributed by atoms with Crippen LogP contribution in [0.3, 0.4) is 0 Å².